The van der Waals surface area contributed by atoms with Gasteiger partial charge in [-0.05, 0) is 65.1 Å². The van der Waals surface area contributed by atoms with Crippen molar-refractivity contribution in [2.24, 2.45) is 0 Å². The second-order valence-corrected chi connectivity index (χ2v) is 5.35. The van der Waals surface area contributed by atoms with Gasteiger partial charge in [-0.2, -0.15) is 0 Å². The van der Waals surface area contributed by atoms with E-state index in [9.17, 15) is 5.11 Å². The maximum Gasteiger partial charge on any atom is 0.119 e. The molecule has 1 aromatic rings. The van der Waals surface area contributed by atoms with Gasteiger partial charge in [0, 0.05) is 6.04 Å². The number of hydrogen-bond acceptors (Lipinski definition) is 4. The Balaban J connectivity index is 2.41. The molecule has 0 aromatic heterocycles. The summed E-state index contributed by atoms with van der Waals surface area (Å²) in [6.07, 6.45) is 0.581. The van der Waals surface area contributed by atoms with Crippen LogP contribution in [0.5, 0.6) is 5.75 Å². The number of nitrogens with zero attached hydrogens (tertiary/aromatic N) is 1. The molecule has 0 saturated heterocycles. The lowest BCUT2D eigenvalue weighted by Gasteiger charge is -2.21. The van der Waals surface area contributed by atoms with Crippen LogP contribution in [0.25, 0.3) is 0 Å². The van der Waals surface area contributed by atoms with Gasteiger partial charge < -0.3 is 20.1 Å². The Hall–Kier alpha value is -1.10. The first-order valence-corrected chi connectivity index (χ1v) is 7.33. The van der Waals surface area contributed by atoms with Crippen molar-refractivity contribution in [2.75, 3.05) is 33.8 Å². The summed E-state index contributed by atoms with van der Waals surface area (Å²) in [7, 11) is 4.14. The third-order valence-electron chi connectivity index (χ3n) is 3.25. The van der Waals surface area contributed by atoms with Gasteiger partial charge in [-0.3, -0.25) is 0 Å². The molecular weight excluding hydrogens is 252 g/mol. The zero-order valence-electron chi connectivity index (χ0n) is 13.1. The molecule has 0 saturated carbocycles. The average Bonchev–Trinajstić information content (AvgIpc) is 2.43. The maximum absolute atomic E-state index is 10.3. The van der Waals surface area contributed by atoms with Crippen molar-refractivity contribution in [3.05, 3.63) is 29.8 Å². The van der Waals surface area contributed by atoms with Crippen LogP contribution < -0.4 is 10.1 Å². The van der Waals surface area contributed by atoms with Gasteiger partial charge in [0.25, 0.3) is 0 Å². The highest BCUT2D eigenvalue weighted by atomic mass is 16.5. The molecule has 0 heterocycles. The van der Waals surface area contributed by atoms with Crippen molar-refractivity contribution in [3.63, 3.8) is 0 Å². The van der Waals surface area contributed by atoms with Crippen LogP contribution in [0.15, 0.2) is 24.3 Å². The van der Waals surface area contributed by atoms with Crippen LogP contribution in [0.2, 0.25) is 0 Å². The topological polar surface area (TPSA) is 44.7 Å². The van der Waals surface area contributed by atoms with Crippen molar-refractivity contribution < 1.29 is 9.84 Å². The van der Waals surface area contributed by atoms with E-state index in [4.69, 9.17) is 4.74 Å². The van der Waals surface area contributed by atoms with Gasteiger partial charge in [-0.15, -0.1) is 0 Å². The summed E-state index contributed by atoms with van der Waals surface area (Å²) in [5.74, 6) is 0.843. The molecular formula is C16H28N2O2. The van der Waals surface area contributed by atoms with Gasteiger partial charge in [0.2, 0.25) is 0 Å². The average molecular weight is 280 g/mol. The Labute approximate surface area is 122 Å². The van der Waals surface area contributed by atoms with Crippen LogP contribution in [0.1, 0.15) is 31.9 Å². The van der Waals surface area contributed by atoms with E-state index < -0.39 is 6.10 Å². The molecule has 0 fully saturated rings. The molecule has 0 radical (unpaired) electrons. The van der Waals surface area contributed by atoms with Gasteiger partial charge >= 0.3 is 0 Å². The number of ether oxygens (including phenoxy) is 1. The molecule has 2 atom stereocenters. The van der Waals surface area contributed by atoms with Gasteiger partial charge in [-0.1, -0.05) is 12.1 Å². The highest BCUT2D eigenvalue weighted by molar-refractivity contribution is 5.29. The molecule has 4 heteroatoms. The summed E-state index contributed by atoms with van der Waals surface area (Å²) < 4.78 is 5.40. The largest absolute Gasteiger partial charge is 0.494 e. The summed E-state index contributed by atoms with van der Waals surface area (Å²) in [6.45, 7) is 6.59. The molecule has 0 aliphatic carbocycles. The third-order valence-corrected chi connectivity index (χ3v) is 3.25. The first-order valence-electron chi connectivity index (χ1n) is 7.33. The minimum atomic E-state index is -0.495. The van der Waals surface area contributed by atoms with E-state index in [0.717, 1.165) is 30.8 Å². The molecule has 0 aliphatic heterocycles. The number of benzene rings is 1. The van der Waals surface area contributed by atoms with Crippen molar-refractivity contribution in [2.45, 2.75) is 32.4 Å². The molecule has 2 unspecified atom stereocenters. The highest BCUT2D eigenvalue weighted by Crippen LogP contribution is 2.20. The number of nitrogens with one attached hydrogen (secondary N) is 1. The second-order valence-electron chi connectivity index (χ2n) is 5.35. The van der Waals surface area contributed by atoms with Crippen LogP contribution in [-0.4, -0.2) is 49.8 Å². The zero-order valence-corrected chi connectivity index (χ0v) is 13.1. The van der Waals surface area contributed by atoms with Gasteiger partial charge in [0.05, 0.1) is 12.7 Å². The van der Waals surface area contributed by atoms with Gasteiger partial charge in [-0.25, -0.2) is 0 Å². The predicted octanol–water partition coefficient (Wildman–Crippen LogP) is 2.05. The van der Waals surface area contributed by atoms with Gasteiger partial charge in [0.1, 0.15) is 5.75 Å². The molecule has 20 heavy (non-hydrogen) atoms. The number of aliphatic hydroxyl groups is 1. The fourth-order valence-corrected chi connectivity index (χ4v) is 2.05. The van der Waals surface area contributed by atoms with E-state index in [1.165, 1.54) is 0 Å². The normalized spacial score (nSPS) is 14.3. The zero-order chi connectivity index (χ0) is 15.0. The van der Waals surface area contributed by atoms with E-state index in [-0.39, 0.29) is 6.04 Å². The van der Waals surface area contributed by atoms with Crippen molar-refractivity contribution >= 4 is 0 Å². The Morgan fingerprint density at radius 3 is 2.45 bits per heavy atom. The Bertz CT molecular complexity index is 365. The lowest BCUT2D eigenvalue weighted by atomic mass is 10.0. The van der Waals surface area contributed by atoms with E-state index in [1.54, 1.807) is 0 Å². The van der Waals surface area contributed by atoms with E-state index in [1.807, 2.05) is 38.1 Å². The van der Waals surface area contributed by atoms with Crippen LogP contribution in [0.4, 0.5) is 0 Å². The third kappa shape index (κ3) is 5.90. The summed E-state index contributed by atoms with van der Waals surface area (Å²) in [5.41, 5.74) is 0.918. The maximum atomic E-state index is 10.3. The fraction of sp³-hybridized carbons (Fsp3) is 0.625. The molecule has 0 aliphatic rings. The van der Waals surface area contributed by atoms with E-state index >= 15 is 0 Å². The minimum Gasteiger partial charge on any atom is -0.494 e. The molecule has 1 aromatic carbocycles. The first kappa shape index (κ1) is 17.0. The van der Waals surface area contributed by atoms with Crippen molar-refractivity contribution in [3.8, 4) is 5.75 Å². The summed E-state index contributed by atoms with van der Waals surface area (Å²) in [5, 5.41) is 13.7. The molecule has 4 nitrogen and oxygen atoms in total. The van der Waals surface area contributed by atoms with Crippen LogP contribution in [0.3, 0.4) is 0 Å². The fourth-order valence-electron chi connectivity index (χ4n) is 2.05. The monoisotopic (exact) mass is 280 g/mol. The Morgan fingerprint density at radius 2 is 1.90 bits per heavy atom. The molecule has 2 N–H and O–H groups in total. The smallest absolute Gasteiger partial charge is 0.119 e. The lowest BCUT2D eigenvalue weighted by molar-refractivity contribution is 0.135. The van der Waals surface area contributed by atoms with E-state index in [0.29, 0.717) is 6.61 Å². The quantitative estimate of drug-likeness (QED) is 0.680. The molecule has 0 bridgehead atoms. The summed E-state index contributed by atoms with van der Waals surface area (Å²) in [4.78, 5) is 2.16. The number of hydrogen-bond donors (Lipinski definition) is 2. The SMILES string of the molecule is CCOc1ccc(C(O)C(C)NCCCN(C)C)cc1. The minimum absolute atomic E-state index is 0.0371. The van der Waals surface area contributed by atoms with Crippen LogP contribution >= 0.6 is 0 Å². The lowest BCUT2D eigenvalue weighted by Crippen LogP contribution is -2.34. The summed E-state index contributed by atoms with van der Waals surface area (Å²) >= 11 is 0. The summed E-state index contributed by atoms with van der Waals surface area (Å²) in [6, 6.07) is 7.69. The molecule has 0 spiro atoms. The molecule has 114 valence electrons. The second kappa shape index (κ2) is 8.95. The molecule has 0 amide bonds. The highest BCUT2D eigenvalue weighted by Gasteiger charge is 2.15. The standard InChI is InChI=1S/C16H28N2O2/c1-5-20-15-9-7-14(8-10-15)16(19)13(2)17-11-6-12-18(3)4/h7-10,13,16-17,19H,5-6,11-12H2,1-4H3. The molecule has 1 rings (SSSR count). The van der Waals surface area contributed by atoms with Crippen molar-refractivity contribution in [1.29, 1.82) is 0 Å². The van der Waals surface area contributed by atoms with Crippen molar-refractivity contribution in [1.82, 2.24) is 10.2 Å². The van der Waals surface area contributed by atoms with Crippen LogP contribution in [-0.2, 0) is 0 Å². The number of aliphatic hydroxyl groups excluding tert-OH is 1. The van der Waals surface area contributed by atoms with Crippen LogP contribution in [0, 0.1) is 0 Å². The number of rotatable bonds is 9. The Kier molecular flexibility index (Phi) is 7.59. The van der Waals surface area contributed by atoms with E-state index in [2.05, 4.69) is 24.3 Å². The first-order chi connectivity index (χ1) is 9.54. The Morgan fingerprint density at radius 1 is 1.25 bits per heavy atom. The van der Waals surface area contributed by atoms with Gasteiger partial charge in [0.15, 0.2) is 0 Å². The predicted molar refractivity (Wildman–Crippen MR) is 83.2 cm³/mol.